The van der Waals surface area contributed by atoms with Crippen molar-refractivity contribution in [3.05, 3.63) is 0 Å². The fourth-order valence-electron chi connectivity index (χ4n) is 0. The Labute approximate surface area is 151 Å². The first-order chi connectivity index (χ1) is 7.41. The van der Waals surface area contributed by atoms with Gasteiger partial charge in [-0.2, -0.15) is 0 Å². The van der Waals surface area contributed by atoms with Crippen molar-refractivity contribution < 1.29 is 110 Å². The molecule has 0 atom stereocenters. The van der Waals surface area contributed by atoms with E-state index in [1.807, 2.05) is 0 Å². The zero-order valence-electron chi connectivity index (χ0n) is 10.4. The minimum Gasteiger partial charge on any atom is -1.00 e. The van der Waals surface area contributed by atoms with Gasteiger partial charge in [0.25, 0.3) is 0 Å². The summed E-state index contributed by atoms with van der Waals surface area (Å²) in [6.07, 6.45) is 0. The standard InChI is InChI=1S/C2H6O.CH4.3BF4.K.H/c1-2-3;;3*2-1(3,4)5;;/h3H,2H2,1H3;1H4;;;;;/q;;3*-1;+1;-1. The summed E-state index contributed by atoms with van der Waals surface area (Å²) in [5, 5.41) is 7.57. The molecule has 0 rings (SSSR count). The van der Waals surface area contributed by atoms with E-state index in [0.29, 0.717) is 0 Å². The largest absolute Gasteiger partial charge is 1.00 e. The number of rotatable bonds is 0. The second-order valence-electron chi connectivity index (χ2n) is 1.80. The maximum Gasteiger partial charge on any atom is 1.00 e. The Balaban J connectivity index is -0.0000000241. The van der Waals surface area contributed by atoms with Crippen molar-refractivity contribution in [1.29, 1.82) is 0 Å². The van der Waals surface area contributed by atoms with Gasteiger partial charge in [-0.15, -0.1) is 0 Å². The molecule has 0 saturated heterocycles. The molecule has 0 spiro atoms. The van der Waals surface area contributed by atoms with E-state index in [4.69, 9.17) is 5.11 Å². The smallest absolute Gasteiger partial charge is 1.00 e. The number of aliphatic hydroxyl groups excluding tert-OH is 1. The van der Waals surface area contributed by atoms with Gasteiger partial charge in [0.15, 0.2) is 0 Å². The summed E-state index contributed by atoms with van der Waals surface area (Å²) < 4.78 is 117. The van der Waals surface area contributed by atoms with E-state index in [9.17, 15) is 51.8 Å². The van der Waals surface area contributed by atoms with Gasteiger partial charge in [-0.25, -0.2) is 0 Å². The van der Waals surface area contributed by atoms with Gasteiger partial charge in [-0.3, -0.25) is 0 Å². The summed E-state index contributed by atoms with van der Waals surface area (Å²) in [6.45, 7) is 1.93. The molecular formula is C3H11B3F12KO-3. The minimum absolute atomic E-state index is 0. The van der Waals surface area contributed by atoms with Crippen LogP contribution in [0, 0.1) is 0 Å². The molecule has 0 fully saturated rings. The Kier molecular flexibility index (Phi) is 33.6. The average molecular weight is 363 g/mol. The molecule has 0 aromatic carbocycles. The van der Waals surface area contributed by atoms with Crippen molar-refractivity contribution in [3.63, 3.8) is 0 Å². The van der Waals surface area contributed by atoms with Crippen LogP contribution in [0.2, 0.25) is 0 Å². The summed E-state index contributed by atoms with van der Waals surface area (Å²) in [7, 11) is -18.0. The molecule has 1 nitrogen and oxygen atoms in total. The van der Waals surface area contributed by atoms with Crippen molar-refractivity contribution in [2.75, 3.05) is 6.61 Å². The number of hydrogen-bond donors (Lipinski definition) is 1. The Hall–Kier alpha value is 0.951. The molecule has 0 heterocycles. The van der Waals surface area contributed by atoms with Crippen molar-refractivity contribution in [1.82, 2.24) is 0 Å². The Morgan fingerprint density at radius 1 is 0.650 bits per heavy atom. The van der Waals surface area contributed by atoms with Crippen LogP contribution in [-0.2, 0) is 0 Å². The van der Waals surface area contributed by atoms with E-state index in [1.54, 1.807) is 6.92 Å². The summed E-state index contributed by atoms with van der Waals surface area (Å²) in [5.74, 6) is 0. The third kappa shape index (κ3) is 6750. The summed E-state index contributed by atoms with van der Waals surface area (Å²) >= 11 is 0. The Bertz CT molecular complexity index is 126. The van der Waals surface area contributed by atoms with Gasteiger partial charge in [0.2, 0.25) is 0 Å². The van der Waals surface area contributed by atoms with E-state index in [0.717, 1.165) is 0 Å². The molecule has 0 aromatic rings. The van der Waals surface area contributed by atoms with Gasteiger partial charge in [0.05, 0.1) is 0 Å². The van der Waals surface area contributed by atoms with Gasteiger partial charge in [-0.1, -0.05) is 7.43 Å². The van der Waals surface area contributed by atoms with Gasteiger partial charge < -0.3 is 58.3 Å². The zero-order chi connectivity index (χ0) is 16.2. The summed E-state index contributed by atoms with van der Waals surface area (Å²) in [4.78, 5) is 0. The predicted molar refractivity (Wildman–Crippen MR) is 51.2 cm³/mol. The van der Waals surface area contributed by atoms with Crippen LogP contribution in [0.1, 0.15) is 15.8 Å². The molecule has 0 aliphatic heterocycles. The monoisotopic (exact) mass is 363 g/mol. The maximum absolute atomic E-state index is 9.75. The van der Waals surface area contributed by atoms with Gasteiger partial charge in [0, 0.05) is 6.61 Å². The summed E-state index contributed by atoms with van der Waals surface area (Å²) in [6, 6.07) is 0. The topological polar surface area (TPSA) is 20.2 Å². The van der Waals surface area contributed by atoms with E-state index in [-0.39, 0.29) is 66.8 Å². The number of hydrogen-bond acceptors (Lipinski definition) is 1. The normalized spacial score (nSPS) is 9.90. The van der Waals surface area contributed by atoms with E-state index < -0.39 is 21.8 Å². The molecule has 0 unspecified atom stereocenters. The fraction of sp³-hybridized carbons (Fsp3) is 1.00. The van der Waals surface area contributed by atoms with E-state index in [2.05, 4.69) is 0 Å². The first-order valence-electron chi connectivity index (χ1n) is 3.64. The Morgan fingerprint density at radius 3 is 0.650 bits per heavy atom. The maximum atomic E-state index is 9.75. The van der Waals surface area contributed by atoms with Gasteiger partial charge >= 0.3 is 73.1 Å². The van der Waals surface area contributed by atoms with Crippen LogP contribution in [0.5, 0.6) is 0 Å². The van der Waals surface area contributed by atoms with Crippen molar-refractivity contribution in [2.45, 2.75) is 14.4 Å². The van der Waals surface area contributed by atoms with Crippen LogP contribution in [0.4, 0.5) is 51.8 Å². The van der Waals surface area contributed by atoms with Crippen LogP contribution in [-0.4, -0.2) is 33.5 Å². The van der Waals surface area contributed by atoms with Crippen LogP contribution in [0.3, 0.4) is 0 Å². The van der Waals surface area contributed by atoms with Crippen molar-refractivity contribution >= 4 is 21.8 Å². The molecular weight excluding hydrogens is 352 g/mol. The predicted octanol–water partition coefficient (Wildman–Crippen LogP) is 1.65. The molecule has 126 valence electrons. The van der Waals surface area contributed by atoms with Crippen LogP contribution >= 0.6 is 0 Å². The Morgan fingerprint density at radius 2 is 0.650 bits per heavy atom. The molecule has 20 heavy (non-hydrogen) atoms. The first kappa shape index (κ1) is 37.3. The molecule has 0 aliphatic carbocycles. The minimum atomic E-state index is -6.00. The quantitative estimate of drug-likeness (QED) is 0.513. The molecule has 0 aromatic heterocycles. The van der Waals surface area contributed by atoms with Crippen LogP contribution in [0.15, 0.2) is 0 Å². The molecule has 0 aliphatic rings. The molecule has 0 radical (unpaired) electrons. The number of halogens is 12. The van der Waals surface area contributed by atoms with Crippen LogP contribution < -0.4 is 51.4 Å². The number of aliphatic hydroxyl groups is 1. The van der Waals surface area contributed by atoms with Gasteiger partial charge in [-0.05, 0) is 6.92 Å². The molecule has 17 heteroatoms. The molecule has 0 saturated carbocycles. The van der Waals surface area contributed by atoms with Crippen molar-refractivity contribution in [2.24, 2.45) is 0 Å². The molecule has 1 N–H and O–H groups in total. The second kappa shape index (κ2) is 18.0. The summed E-state index contributed by atoms with van der Waals surface area (Å²) in [5.41, 5.74) is 0. The second-order valence-corrected chi connectivity index (χ2v) is 1.80. The molecule has 0 bridgehead atoms. The third-order valence-electron chi connectivity index (χ3n) is 0. The zero-order valence-corrected chi connectivity index (χ0v) is 12.5. The average Bonchev–Trinajstić information content (AvgIpc) is 1.71. The fourth-order valence-corrected chi connectivity index (χ4v) is 0. The van der Waals surface area contributed by atoms with Gasteiger partial charge in [0.1, 0.15) is 0 Å². The van der Waals surface area contributed by atoms with E-state index in [1.165, 1.54) is 0 Å². The van der Waals surface area contributed by atoms with Crippen LogP contribution in [0.25, 0.3) is 0 Å². The SMILES string of the molecule is C.CCO.F[B-](F)(F)F.F[B-](F)(F)F.F[B-](F)(F)F.[H-].[K+]. The van der Waals surface area contributed by atoms with Crippen molar-refractivity contribution in [3.8, 4) is 0 Å². The molecule has 0 amide bonds. The first-order valence-corrected chi connectivity index (χ1v) is 3.64. The third-order valence-corrected chi connectivity index (χ3v) is 0. The van der Waals surface area contributed by atoms with E-state index >= 15 is 0 Å².